The summed E-state index contributed by atoms with van der Waals surface area (Å²) >= 11 is 0. The maximum Gasteiger partial charge on any atom is 0.143 e. The van der Waals surface area contributed by atoms with Crippen LogP contribution in [0.15, 0.2) is 0 Å². The summed E-state index contributed by atoms with van der Waals surface area (Å²) in [4.78, 5) is 0. The van der Waals surface area contributed by atoms with Gasteiger partial charge in [-0.05, 0) is 0 Å². The lowest BCUT2D eigenvalue weighted by Crippen LogP contribution is -2.39. The second kappa shape index (κ2) is 3.34. The third-order valence-electron chi connectivity index (χ3n) is 1.57. The first-order chi connectivity index (χ1) is 4.06. The molecule has 3 heteroatoms. The highest BCUT2D eigenvalue weighted by molar-refractivity contribution is 6.13. The van der Waals surface area contributed by atoms with Gasteiger partial charge in [0.05, 0.1) is 10.2 Å². The second-order valence-electron chi connectivity index (χ2n) is 2.37. The van der Waals surface area contributed by atoms with E-state index in [4.69, 9.17) is 9.47 Å². The minimum absolute atomic E-state index is 0.389. The Labute approximate surface area is 60.0 Å². The topological polar surface area (TPSA) is 18.5 Å². The first-order valence-corrected chi connectivity index (χ1v) is 3.73. The summed E-state index contributed by atoms with van der Waals surface area (Å²) in [5.74, 6) is 0.394. The monoisotopic (exact) mass is 147 g/mol. The highest BCUT2D eigenvalue weighted by atomic mass is 28.1. The molecule has 0 N–H and O–H groups in total. The van der Waals surface area contributed by atoms with Crippen molar-refractivity contribution in [3.63, 3.8) is 0 Å². The minimum Gasteiger partial charge on any atom is -0.358 e. The molecular formula is C6H15O2Si. The molecule has 0 unspecified atom stereocenters. The van der Waals surface area contributed by atoms with Crippen molar-refractivity contribution in [1.29, 1.82) is 0 Å². The van der Waals surface area contributed by atoms with Crippen LogP contribution in [0.1, 0.15) is 13.8 Å². The predicted octanol–water partition coefficient (Wildman–Crippen LogP) is 0.222. The first-order valence-electron chi connectivity index (χ1n) is 3.02. The van der Waals surface area contributed by atoms with E-state index in [1.807, 2.05) is 0 Å². The van der Waals surface area contributed by atoms with E-state index in [1.54, 1.807) is 24.5 Å². The van der Waals surface area contributed by atoms with Crippen molar-refractivity contribution in [2.24, 2.45) is 5.92 Å². The van der Waals surface area contributed by atoms with Crippen LogP contribution in [0.5, 0.6) is 0 Å². The third-order valence-corrected chi connectivity index (χ3v) is 2.96. The van der Waals surface area contributed by atoms with Gasteiger partial charge < -0.3 is 9.47 Å². The molecule has 55 valence electrons. The molecule has 0 amide bonds. The molecule has 0 fully saturated rings. The zero-order valence-electron chi connectivity index (χ0n) is 6.60. The summed E-state index contributed by atoms with van der Waals surface area (Å²) in [5, 5.41) is 0. The molecule has 0 aromatic rings. The molecule has 0 aromatic carbocycles. The first kappa shape index (κ1) is 9.14. The van der Waals surface area contributed by atoms with Crippen LogP contribution in [0.2, 0.25) is 0 Å². The molecule has 0 rings (SSSR count). The Balaban J connectivity index is 3.92. The van der Waals surface area contributed by atoms with Gasteiger partial charge in [0.2, 0.25) is 0 Å². The fourth-order valence-electron chi connectivity index (χ4n) is 0.555. The average molecular weight is 147 g/mol. The van der Waals surface area contributed by atoms with Crippen molar-refractivity contribution < 1.29 is 9.47 Å². The fourth-order valence-corrected chi connectivity index (χ4v) is 0.555. The van der Waals surface area contributed by atoms with Gasteiger partial charge in [0, 0.05) is 20.1 Å². The van der Waals surface area contributed by atoms with E-state index in [2.05, 4.69) is 13.8 Å². The van der Waals surface area contributed by atoms with E-state index in [9.17, 15) is 0 Å². The van der Waals surface area contributed by atoms with Crippen molar-refractivity contribution >= 4 is 10.2 Å². The van der Waals surface area contributed by atoms with Crippen LogP contribution >= 0.6 is 0 Å². The fraction of sp³-hybridized carbons (Fsp3) is 1.00. The molecule has 0 atom stereocenters. The number of hydrogen-bond acceptors (Lipinski definition) is 2. The number of ether oxygens (including phenoxy) is 2. The second-order valence-corrected chi connectivity index (χ2v) is 3.36. The molecule has 0 heterocycles. The standard InChI is InChI=1S/C6H15O2Si/c1-5(2)6(9,7-3)8-4/h5H,9H2,1-4H3. The summed E-state index contributed by atoms with van der Waals surface area (Å²) < 4.78 is 10.3. The summed E-state index contributed by atoms with van der Waals surface area (Å²) in [7, 11) is 5.05. The van der Waals surface area contributed by atoms with Crippen LogP contribution < -0.4 is 0 Å². The third kappa shape index (κ3) is 2.08. The van der Waals surface area contributed by atoms with Crippen LogP contribution in [0.25, 0.3) is 0 Å². The minimum atomic E-state index is -0.389. The largest absolute Gasteiger partial charge is 0.358 e. The zero-order valence-corrected chi connectivity index (χ0v) is 8.02. The van der Waals surface area contributed by atoms with Gasteiger partial charge in [0.1, 0.15) is 5.41 Å². The molecule has 0 saturated carbocycles. The quantitative estimate of drug-likeness (QED) is 0.420. The van der Waals surface area contributed by atoms with Gasteiger partial charge in [-0.1, -0.05) is 13.8 Å². The lowest BCUT2D eigenvalue weighted by atomic mass is 10.2. The summed E-state index contributed by atoms with van der Waals surface area (Å²) in [6.45, 7) is 4.14. The molecular weight excluding hydrogens is 132 g/mol. The molecule has 0 aromatic heterocycles. The van der Waals surface area contributed by atoms with Gasteiger partial charge in [0.25, 0.3) is 0 Å². The lowest BCUT2D eigenvalue weighted by molar-refractivity contribution is -0.168. The maximum absolute atomic E-state index is 5.14. The van der Waals surface area contributed by atoms with E-state index < -0.39 is 0 Å². The van der Waals surface area contributed by atoms with Crippen LogP contribution in [-0.2, 0) is 9.47 Å². The van der Waals surface area contributed by atoms with E-state index >= 15 is 0 Å². The summed E-state index contributed by atoms with van der Waals surface area (Å²) in [6, 6.07) is 0. The highest BCUT2D eigenvalue weighted by Crippen LogP contribution is 2.16. The van der Waals surface area contributed by atoms with Gasteiger partial charge in [0.15, 0.2) is 0 Å². The Kier molecular flexibility index (Phi) is 3.39. The van der Waals surface area contributed by atoms with E-state index in [-0.39, 0.29) is 5.41 Å². The maximum atomic E-state index is 5.14. The molecule has 0 saturated heterocycles. The Hall–Kier alpha value is 0.137. The Morgan fingerprint density at radius 2 is 1.56 bits per heavy atom. The Morgan fingerprint density at radius 1 is 1.22 bits per heavy atom. The highest BCUT2D eigenvalue weighted by Gasteiger charge is 2.26. The lowest BCUT2D eigenvalue weighted by Gasteiger charge is -2.30. The molecule has 0 aliphatic rings. The van der Waals surface area contributed by atoms with Crippen LogP contribution in [-0.4, -0.2) is 29.9 Å². The van der Waals surface area contributed by atoms with E-state index in [0.29, 0.717) is 5.92 Å². The average Bonchev–Trinajstić information content (AvgIpc) is 1.86. The van der Waals surface area contributed by atoms with Gasteiger partial charge >= 0.3 is 0 Å². The summed E-state index contributed by atoms with van der Waals surface area (Å²) in [5.41, 5.74) is -0.389. The SMILES string of the molecule is COC([SiH2])(OC)C(C)C. The molecule has 2 nitrogen and oxygen atoms in total. The van der Waals surface area contributed by atoms with Gasteiger partial charge in [-0.3, -0.25) is 0 Å². The van der Waals surface area contributed by atoms with Crippen LogP contribution in [0.3, 0.4) is 0 Å². The Morgan fingerprint density at radius 3 is 1.56 bits per heavy atom. The van der Waals surface area contributed by atoms with Gasteiger partial charge in [-0.2, -0.15) is 0 Å². The van der Waals surface area contributed by atoms with Crippen LogP contribution in [0, 0.1) is 5.92 Å². The number of rotatable bonds is 3. The zero-order chi connectivity index (χ0) is 7.49. The van der Waals surface area contributed by atoms with Gasteiger partial charge in [-0.25, -0.2) is 0 Å². The van der Waals surface area contributed by atoms with Crippen molar-refractivity contribution in [3.8, 4) is 0 Å². The van der Waals surface area contributed by atoms with Crippen molar-refractivity contribution in [2.45, 2.75) is 19.3 Å². The predicted molar refractivity (Wildman–Crippen MR) is 40.1 cm³/mol. The van der Waals surface area contributed by atoms with Crippen molar-refractivity contribution in [1.82, 2.24) is 0 Å². The van der Waals surface area contributed by atoms with E-state index in [0.717, 1.165) is 0 Å². The molecule has 0 spiro atoms. The van der Waals surface area contributed by atoms with Gasteiger partial charge in [-0.15, -0.1) is 0 Å². The molecule has 0 aliphatic heterocycles. The number of methoxy groups -OCH3 is 2. The molecule has 0 aliphatic carbocycles. The Bertz CT molecular complexity index is 79.1. The molecule has 9 heavy (non-hydrogen) atoms. The van der Waals surface area contributed by atoms with Crippen molar-refractivity contribution in [2.75, 3.05) is 14.2 Å². The molecule has 0 bridgehead atoms. The number of hydrogen-bond donors (Lipinski definition) is 0. The smallest absolute Gasteiger partial charge is 0.143 e. The van der Waals surface area contributed by atoms with Crippen molar-refractivity contribution in [3.05, 3.63) is 0 Å². The van der Waals surface area contributed by atoms with Crippen LogP contribution in [0.4, 0.5) is 0 Å². The van der Waals surface area contributed by atoms with E-state index in [1.165, 1.54) is 0 Å². The molecule has 1 radical (unpaired) electrons. The summed E-state index contributed by atoms with van der Waals surface area (Å²) in [6.07, 6.45) is 0. The normalized spacial score (nSPS) is 12.7.